The first kappa shape index (κ1) is 9.97. The standard InChI is InChI=1S/C12H16O/c1-9-5-6-11(12(2,3)4)10(7-9)8-13/h5-8H,1-4H3. The molecule has 0 aliphatic heterocycles. The molecule has 1 nitrogen and oxygen atoms in total. The number of aldehydes is 1. The number of carbonyl (C=O) groups excluding carboxylic acids is 1. The molecular weight excluding hydrogens is 160 g/mol. The van der Waals surface area contributed by atoms with E-state index in [0.717, 1.165) is 23.0 Å². The highest BCUT2D eigenvalue weighted by Crippen LogP contribution is 2.25. The summed E-state index contributed by atoms with van der Waals surface area (Å²) in [5, 5.41) is 0. The molecule has 0 saturated carbocycles. The number of hydrogen-bond acceptors (Lipinski definition) is 1. The van der Waals surface area contributed by atoms with Crippen LogP contribution >= 0.6 is 0 Å². The first-order chi connectivity index (χ1) is 5.95. The average molecular weight is 176 g/mol. The van der Waals surface area contributed by atoms with Crippen LogP contribution in [0.25, 0.3) is 0 Å². The Balaban J connectivity index is 3.29. The van der Waals surface area contributed by atoms with Crippen LogP contribution in [0.2, 0.25) is 0 Å². The van der Waals surface area contributed by atoms with Crippen molar-refractivity contribution in [1.29, 1.82) is 0 Å². The molecule has 0 aliphatic carbocycles. The Morgan fingerprint density at radius 3 is 2.31 bits per heavy atom. The van der Waals surface area contributed by atoms with Crippen molar-refractivity contribution in [2.45, 2.75) is 33.1 Å². The lowest BCUT2D eigenvalue weighted by atomic mass is 9.83. The van der Waals surface area contributed by atoms with Gasteiger partial charge in [-0.05, 0) is 24.0 Å². The van der Waals surface area contributed by atoms with E-state index >= 15 is 0 Å². The van der Waals surface area contributed by atoms with Crippen molar-refractivity contribution >= 4 is 6.29 Å². The van der Waals surface area contributed by atoms with E-state index < -0.39 is 0 Å². The van der Waals surface area contributed by atoms with Crippen molar-refractivity contribution in [1.82, 2.24) is 0 Å². The van der Waals surface area contributed by atoms with Gasteiger partial charge in [-0.15, -0.1) is 0 Å². The maximum Gasteiger partial charge on any atom is 0.150 e. The lowest BCUT2D eigenvalue weighted by Gasteiger charge is -2.21. The van der Waals surface area contributed by atoms with Crippen LogP contribution in [0.1, 0.15) is 42.3 Å². The summed E-state index contributed by atoms with van der Waals surface area (Å²) in [6.45, 7) is 8.35. The second-order valence-electron chi connectivity index (χ2n) is 4.46. The second kappa shape index (κ2) is 3.33. The molecule has 0 aromatic heterocycles. The minimum atomic E-state index is 0.0456. The molecule has 0 radical (unpaired) electrons. The Bertz CT molecular complexity index is 318. The molecule has 0 spiro atoms. The lowest BCUT2D eigenvalue weighted by molar-refractivity contribution is 0.112. The van der Waals surface area contributed by atoms with E-state index in [1.165, 1.54) is 0 Å². The fourth-order valence-corrected chi connectivity index (χ4v) is 1.46. The van der Waals surface area contributed by atoms with E-state index in [2.05, 4.69) is 20.8 Å². The van der Waals surface area contributed by atoms with Gasteiger partial charge in [0.25, 0.3) is 0 Å². The Hall–Kier alpha value is -1.11. The van der Waals surface area contributed by atoms with Crippen LogP contribution in [0.3, 0.4) is 0 Å². The average Bonchev–Trinajstić information content (AvgIpc) is 2.01. The third-order valence-corrected chi connectivity index (χ3v) is 2.14. The predicted molar refractivity (Wildman–Crippen MR) is 55.3 cm³/mol. The highest BCUT2D eigenvalue weighted by molar-refractivity contribution is 5.78. The Kier molecular flexibility index (Phi) is 2.55. The molecule has 1 heteroatoms. The molecule has 0 amide bonds. The van der Waals surface area contributed by atoms with Crippen LogP contribution in [-0.4, -0.2) is 6.29 Å². The zero-order valence-electron chi connectivity index (χ0n) is 8.72. The summed E-state index contributed by atoms with van der Waals surface area (Å²) < 4.78 is 0. The molecule has 70 valence electrons. The van der Waals surface area contributed by atoms with Gasteiger partial charge in [-0.1, -0.05) is 38.5 Å². The summed E-state index contributed by atoms with van der Waals surface area (Å²) in [6.07, 6.45) is 0.938. The predicted octanol–water partition coefficient (Wildman–Crippen LogP) is 3.11. The smallest absolute Gasteiger partial charge is 0.150 e. The minimum Gasteiger partial charge on any atom is -0.298 e. The van der Waals surface area contributed by atoms with E-state index in [9.17, 15) is 4.79 Å². The molecule has 0 heterocycles. The van der Waals surface area contributed by atoms with Crippen molar-refractivity contribution in [3.05, 3.63) is 34.9 Å². The summed E-state index contributed by atoms with van der Waals surface area (Å²) in [4.78, 5) is 10.8. The minimum absolute atomic E-state index is 0.0456. The van der Waals surface area contributed by atoms with Crippen LogP contribution in [0, 0.1) is 6.92 Å². The molecule has 0 saturated heterocycles. The van der Waals surface area contributed by atoms with Gasteiger partial charge < -0.3 is 0 Å². The van der Waals surface area contributed by atoms with E-state index in [1.54, 1.807) is 0 Å². The van der Waals surface area contributed by atoms with Crippen LogP contribution < -0.4 is 0 Å². The largest absolute Gasteiger partial charge is 0.298 e. The van der Waals surface area contributed by atoms with E-state index in [1.807, 2.05) is 25.1 Å². The van der Waals surface area contributed by atoms with Gasteiger partial charge >= 0.3 is 0 Å². The summed E-state index contributed by atoms with van der Waals surface area (Å²) in [5.74, 6) is 0. The number of hydrogen-bond donors (Lipinski definition) is 0. The summed E-state index contributed by atoms with van der Waals surface area (Å²) in [6, 6.07) is 6.03. The molecule has 1 rings (SSSR count). The van der Waals surface area contributed by atoms with E-state index in [4.69, 9.17) is 0 Å². The summed E-state index contributed by atoms with van der Waals surface area (Å²) in [7, 11) is 0. The zero-order valence-corrected chi connectivity index (χ0v) is 8.72. The number of aryl methyl sites for hydroxylation is 1. The van der Waals surface area contributed by atoms with Gasteiger partial charge in [0.1, 0.15) is 6.29 Å². The Morgan fingerprint density at radius 2 is 1.85 bits per heavy atom. The topological polar surface area (TPSA) is 17.1 Å². The first-order valence-corrected chi connectivity index (χ1v) is 4.51. The molecule has 0 N–H and O–H groups in total. The maximum atomic E-state index is 10.8. The molecule has 0 atom stereocenters. The SMILES string of the molecule is Cc1ccc(C(C)(C)C)c(C=O)c1. The van der Waals surface area contributed by atoms with Crippen LogP contribution in [-0.2, 0) is 5.41 Å². The van der Waals surface area contributed by atoms with Crippen LogP contribution in [0.4, 0.5) is 0 Å². The van der Waals surface area contributed by atoms with E-state index in [-0.39, 0.29) is 5.41 Å². The molecule has 0 unspecified atom stereocenters. The van der Waals surface area contributed by atoms with Gasteiger partial charge in [0.2, 0.25) is 0 Å². The fourth-order valence-electron chi connectivity index (χ4n) is 1.46. The highest BCUT2D eigenvalue weighted by atomic mass is 16.1. The molecule has 0 fully saturated rings. The first-order valence-electron chi connectivity index (χ1n) is 4.51. The van der Waals surface area contributed by atoms with Crippen molar-refractivity contribution in [3.63, 3.8) is 0 Å². The van der Waals surface area contributed by atoms with Gasteiger partial charge in [-0.25, -0.2) is 0 Å². The summed E-state index contributed by atoms with van der Waals surface area (Å²) >= 11 is 0. The molecule has 1 aromatic carbocycles. The molecule has 1 aromatic rings. The van der Waals surface area contributed by atoms with Crippen LogP contribution in [0.5, 0.6) is 0 Å². The quantitative estimate of drug-likeness (QED) is 0.601. The molecular formula is C12H16O. The van der Waals surface area contributed by atoms with E-state index in [0.29, 0.717) is 0 Å². The van der Waals surface area contributed by atoms with Crippen molar-refractivity contribution in [3.8, 4) is 0 Å². The van der Waals surface area contributed by atoms with Crippen molar-refractivity contribution in [2.24, 2.45) is 0 Å². The number of benzene rings is 1. The monoisotopic (exact) mass is 176 g/mol. The Morgan fingerprint density at radius 1 is 1.23 bits per heavy atom. The lowest BCUT2D eigenvalue weighted by Crippen LogP contribution is -2.14. The third-order valence-electron chi connectivity index (χ3n) is 2.14. The second-order valence-corrected chi connectivity index (χ2v) is 4.46. The van der Waals surface area contributed by atoms with Gasteiger partial charge in [-0.3, -0.25) is 4.79 Å². The van der Waals surface area contributed by atoms with Gasteiger partial charge in [-0.2, -0.15) is 0 Å². The zero-order chi connectivity index (χ0) is 10.1. The fraction of sp³-hybridized carbons (Fsp3) is 0.417. The highest BCUT2D eigenvalue weighted by Gasteiger charge is 2.17. The van der Waals surface area contributed by atoms with Crippen LogP contribution in [0.15, 0.2) is 18.2 Å². The third kappa shape index (κ3) is 2.18. The van der Waals surface area contributed by atoms with Crippen molar-refractivity contribution in [2.75, 3.05) is 0 Å². The number of rotatable bonds is 1. The van der Waals surface area contributed by atoms with Gasteiger partial charge in [0.05, 0.1) is 0 Å². The Labute approximate surface area is 79.8 Å². The molecule has 0 bridgehead atoms. The maximum absolute atomic E-state index is 10.8. The van der Waals surface area contributed by atoms with Gasteiger partial charge in [0, 0.05) is 5.56 Å². The van der Waals surface area contributed by atoms with Gasteiger partial charge in [0.15, 0.2) is 0 Å². The summed E-state index contributed by atoms with van der Waals surface area (Å²) in [5.41, 5.74) is 3.11. The molecule has 0 aliphatic rings. The van der Waals surface area contributed by atoms with Crippen molar-refractivity contribution < 1.29 is 4.79 Å². The molecule has 13 heavy (non-hydrogen) atoms. The number of carbonyl (C=O) groups is 1. The normalized spacial score (nSPS) is 11.4.